The van der Waals surface area contributed by atoms with Gasteiger partial charge in [-0.15, -0.1) is 0 Å². The molecule has 0 N–H and O–H groups in total. The molecule has 7 rings (SSSR count). The van der Waals surface area contributed by atoms with E-state index in [9.17, 15) is 0 Å². The van der Waals surface area contributed by atoms with Crippen LogP contribution in [0.5, 0.6) is 0 Å². The van der Waals surface area contributed by atoms with Gasteiger partial charge in [-0.25, -0.2) is 0 Å². The molecular formula is C28H16. The van der Waals surface area contributed by atoms with Crippen molar-refractivity contribution in [2.24, 2.45) is 0 Å². The molecule has 0 bridgehead atoms. The van der Waals surface area contributed by atoms with Crippen molar-refractivity contribution in [3.63, 3.8) is 0 Å². The van der Waals surface area contributed by atoms with Crippen molar-refractivity contribution in [2.45, 2.75) is 0 Å². The molecule has 0 amide bonds. The summed E-state index contributed by atoms with van der Waals surface area (Å²) in [7, 11) is 0. The second-order valence-corrected chi connectivity index (χ2v) is 7.75. The number of fused-ring (bicyclic) bond motifs is 7. The molecule has 0 radical (unpaired) electrons. The maximum atomic E-state index is 2.35. The van der Waals surface area contributed by atoms with E-state index in [1.54, 1.807) is 0 Å². The van der Waals surface area contributed by atoms with Crippen molar-refractivity contribution in [2.75, 3.05) is 0 Å². The Morgan fingerprint density at radius 2 is 0.679 bits per heavy atom. The van der Waals surface area contributed by atoms with Gasteiger partial charge in [0, 0.05) is 0 Å². The van der Waals surface area contributed by atoms with Crippen molar-refractivity contribution in [1.82, 2.24) is 0 Å². The molecule has 128 valence electrons. The molecule has 0 aromatic heterocycles. The van der Waals surface area contributed by atoms with E-state index >= 15 is 0 Å². The molecule has 0 saturated carbocycles. The molecule has 0 spiro atoms. The van der Waals surface area contributed by atoms with Crippen LogP contribution in [0.15, 0.2) is 97.1 Å². The van der Waals surface area contributed by atoms with Gasteiger partial charge in [0.2, 0.25) is 0 Å². The number of hydrogen-bond donors (Lipinski definition) is 0. The van der Waals surface area contributed by atoms with E-state index in [-0.39, 0.29) is 0 Å². The quantitative estimate of drug-likeness (QED) is 0.191. The fourth-order valence-electron chi connectivity index (χ4n) is 5.20. The third-order valence-corrected chi connectivity index (χ3v) is 6.32. The molecule has 0 fully saturated rings. The van der Waals surface area contributed by atoms with Gasteiger partial charge in [0.15, 0.2) is 0 Å². The highest BCUT2D eigenvalue weighted by Crippen LogP contribution is 2.46. The summed E-state index contributed by atoms with van der Waals surface area (Å²) in [6.07, 6.45) is 0. The molecule has 0 nitrogen and oxygen atoms in total. The van der Waals surface area contributed by atoms with E-state index in [1.165, 1.54) is 64.6 Å². The van der Waals surface area contributed by atoms with Crippen LogP contribution < -0.4 is 0 Å². The SMILES string of the molecule is c1ccc2c(c1)cc1ccc3cc4ccccc4c4c5ccccc5c2c1c34. The lowest BCUT2D eigenvalue weighted by Crippen LogP contribution is -1.90. The van der Waals surface area contributed by atoms with Gasteiger partial charge >= 0.3 is 0 Å². The van der Waals surface area contributed by atoms with Crippen LogP contribution in [0.3, 0.4) is 0 Å². The van der Waals surface area contributed by atoms with E-state index in [0.29, 0.717) is 0 Å². The molecule has 0 atom stereocenters. The molecule has 0 unspecified atom stereocenters. The van der Waals surface area contributed by atoms with E-state index in [0.717, 1.165) is 0 Å². The predicted molar refractivity (Wildman–Crippen MR) is 123 cm³/mol. The number of benzene rings is 7. The van der Waals surface area contributed by atoms with Gasteiger partial charge in [0.1, 0.15) is 0 Å². The van der Waals surface area contributed by atoms with Gasteiger partial charge in [0.25, 0.3) is 0 Å². The van der Waals surface area contributed by atoms with E-state index < -0.39 is 0 Å². The minimum atomic E-state index is 1.31. The van der Waals surface area contributed by atoms with Crippen LogP contribution in [-0.2, 0) is 0 Å². The fourth-order valence-corrected chi connectivity index (χ4v) is 5.20. The molecule has 0 heteroatoms. The van der Waals surface area contributed by atoms with Crippen LogP contribution in [0.2, 0.25) is 0 Å². The molecule has 0 aliphatic rings. The van der Waals surface area contributed by atoms with Crippen LogP contribution in [-0.4, -0.2) is 0 Å². The first-order chi connectivity index (χ1) is 13.9. The van der Waals surface area contributed by atoms with Crippen molar-refractivity contribution >= 4 is 64.6 Å². The Morgan fingerprint density at radius 1 is 0.286 bits per heavy atom. The summed E-state index contributed by atoms with van der Waals surface area (Å²) in [5.41, 5.74) is 0. The molecule has 0 aliphatic carbocycles. The molecule has 28 heavy (non-hydrogen) atoms. The minimum absolute atomic E-state index is 1.31. The average molecular weight is 352 g/mol. The highest BCUT2D eigenvalue weighted by Gasteiger charge is 2.17. The molecule has 7 aromatic carbocycles. The van der Waals surface area contributed by atoms with Crippen LogP contribution >= 0.6 is 0 Å². The lowest BCUT2D eigenvalue weighted by atomic mass is 9.85. The lowest BCUT2D eigenvalue weighted by molar-refractivity contribution is 1.78. The highest BCUT2D eigenvalue weighted by molar-refractivity contribution is 6.42. The second-order valence-electron chi connectivity index (χ2n) is 7.75. The summed E-state index contributed by atoms with van der Waals surface area (Å²) in [5, 5.41) is 16.2. The summed E-state index contributed by atoms with van der Waals surface area (Å²) < 4.78 is 0. The maximum Gasteiger partial charge on any atom is -0.00137 e. The van der Waals surface area contributed by atoms with Gasteiger partial charge in [-0.3, -0.25) is 0 Å². The van der Waals surface area contributed by atoms with E-state index in [1.807, 2.05) is 0 Å². The first-order valence-electron chi connectivity index (χ1n) is 9.80. The summed E-state index contributed by atoms with van der Waals surface area (Å²) in [6, 6.07) is 35.8. The zero-order valence-corrected chi connectivity index (χ0v) is 15.2. The number of rotatable bonds is 0. The monoisotopic (exact) mass is 352 g/mol. The molecule has 7 aromatic rings. The standard InChI is InChI=1S/C28H16/c1-3-9-21-17(7-1)15-19-13-14-20-16-18-8-2-4-10-22(18)28-24-12-6-5-11-23(24)27(21)25(19)26(20)28/h1-16H. The summed E-state index contributed by atoms with van der Waals surface area (Å²) in [4.78, 5) is 0. The summed E-state index contributed by atoms with van der Waals surface area (Å²) in [5.74, 6) is 0. The van der Waals surface area contributed by atoms with Crippen LogP contribution in [0.1, 0.15) is 0 Å². The molecular weight excluding hydrogens is 336 g/mol. The Kier molecular flexibility index (Phi) is 2.57. The Balaban J connectivity index is 1.99. The Morgan fingerprint density at radius 3 is 1.14 bits per heavy atom. The molecule has 0 heterocycles. The highest BCUT2D eigenvalue weighted by atomic mass is 14.2. The molecule has 0 saturated heterocycles. The normalized spacial score (nSPS) is 12.3. The Bertz CT molecular complexity index is 1570. The zero-order chi connectivity index (χ0) is 18.2. The Hall–Kier alpha value is -3.64. The van der Waals surface area contributed by atoms with Crippen molar-refractivity contribution in [3.8, 4) is 0 Å². The first kappa shape index (κ1) is 14.4. The van der Waals surface area contributed by atoms with Crippen LogP contribution in [0.25, 0.3) is 64.6 Å². The van der Waals surface area contributed by atoms with Gasteiger partial charge in [-0.1, -0.05) is 84.9 Å². The van der Waals surface area contributed by atoms with Crippen LogP contribution in [0, 0.1) is 0 Å². The van der Waals surface area contributed by atoms with Gasteiger partial charge < -0.3 is 0 Å². The Labute approximate surface area is 162 Å². The maximum absolute atomic E-state index is 2.35. The second kappa shape index (κ2) is 4.99. The lowest BCUT2D eigenvalue weighted by Gasteiger charge is -2.18. The minimum Gasteiger partial charge on any atom is -0.0616 e. The zero-order valence-electron chi connectivity index (χ0n) is 15.2. The summed E-state index contributed by atoms with van der Waals surface area (Å²) >= 11 is 0. The predicted octanol–water partition coefficient (Wildman–Crippen LogP) is 8.04. The summed E-state index contributed by atoms with van der Waals surface area (Å²) in [6.45, 7) is 0. The third kappa shape index (κ3) is 1.66. The van der Waals surface area contributed by atoms with Crippen molar-refractivity contribution < 1.29 is 0 Å². The van der Waals surface area contributed by atoms with Gasteiger partial charge in [-0.05, 0) is 76.8 Å². The van der Waals surface area contributed by atoms with Crippen molar-refractivity contribution in [1.29, 1.82) is 0 Å². The molecule has 0 aliphatic heterocycles. The van der Waals surface area contributed by atoms with Crippen LogP contribution in [0.4, 0.5) is 0 Å². The third-order valence-electron chi connectivity index (χ3n) is 6.32. The fraction of sp³-hybridized carbons (Fsp3) is 0. The van der Waals surface area contributed by atoms with Crippen molar-refractivity contribution in [3.05, 3.63) is 97.1 Å². The largest absolute Gasteiger partial charge is 0.0616 e. The van der Waals surface area contributed by atoms with Gasteiger partial charge in [-0.2, -0.15) is 0 Å². The smallest absolute Gasteiger partial charge is 0.00137 e. The van der Waals surface area contributed by atoms with E-state index in [2.05, 4.69) is 97.1 Å². The van der Waals surface area contributed by atoms with Gasteiger partial charge in [0.05, 0.1) is 0 Å². The number of hydrogen-bond acceptors (Lipinski definition) is 0. The first-order valence-corrected chi connectivity index (χ1v) is 9.80. The van der Waals surface area contributed by atoms with E-state index in [4.69, 9.17) is 0 Å². The average Bonchev–Trinajstić information content (AvgIpc) is 2.76. The topological polar surface area (TPSA) is 0 Å².